The molecule has 2 aliphatic heterocycles. The van der Waals surface area contributed by atoms with Crippen LogP contribution in [-0.4, -0.2) is 35.4 Å². The number of rotatable bonds is 3. The van der Waals surface area contributed by atoms with Crippen molar-refractivity contribution in [3.05, 3.63) is 46.0 Å². The van der Waals surface area contributed by atoms with E-state index in [0.29, 0.717) is 11.6 Å². The van der Waals surface area contributed by atoms with E-state index in [1.165, 1.54) is 10.6 Å². The average molecular weight is 340 g/mol. The van der Waals surface area contributed by atoms with Gasteiger partial charge in [0.2, 0.25) is 5.91 Å². The summed E-state index contributed by atoms with van der Waals surface area (Å²) in [5.74, 6) is 0.0799. The number of nitrogens with one attached hydrogen (secondary N) is 1. The zero-order valence-electron chi connectivity index (χ0n) is 13.4. The predicted molar refractivity (Wildman–Crippen MR) is 98.2 cm³/mol. The molecular formula is C18H20N4OS. The van der Waals surface area contributed by atoms with Gasteiger partial charge < -0.3 is 11.1 Å². The first-order valence-electron chi connectivity index (χ1n) is 8.24. The molecule has 124 valence electrons. The lowest BCUT2D eigenvalue weighted by Crippen LogP contribution is -2.26. The Hall–Kier alpha value is -2.18. The fourth-order valence-electron chi connectivity index (χ4n) is 3.37. The fourth-order valence-corrected chi connectivity index (χ4v) is 4.24. The molecule has 1 aromatic carbocycles. The predicted octanol–water partition coefficient (Wildman–Crippen LogP) is 2.33. The molecule has 4 rings (SSSR count). The summed E-state index contributed by atoms with van der Waals surface area (Å²) in [7, 11) is 0. The highest BCUT2D eigenvalue weighted by molar-refractivity contribution is 7.15. The molecule has 0 bridgehead atoms. The molecule has 5 nitrogen and oxygen atoms in total. The molecule has 0 saturated carbocycles. The Bertz CT molecular complexity index is 786. The Kier molecular flexibility index (Phi) is 4.08. The summed E-state index contributed by atoms with van der Waals surface area (Å²) in [4.78, 5) is 19.8. The van der Waals surface area contributed by atoms with Gasteiger partial charge in [0.1, 0.15) is 0 Å². The number of carbonyl (C=O) groups excluding carboxylic acids is 1. The number of thiazole rings is 1. The Balaban J connectivity index is 1.40. The van der Waals surface area contributed by atoms with Crippen molar-refractivity contribution >= 4 is 34.1 Å². The largest absolute Gasteiger partial charge is 0.375 e. The van der Waals surface area contributed by atoms with Crippen molar-refractivity contribution in [3.63, 3.8) is 0 Å². The van der Waals surface area contributed by atoms with Crippen molar-refractivity contribution < 1.29 is 4.79 Å². The van der Waals surface area contributed by atoms with Crippen LogP contribution < -0.4 is 11.1 Å². The van der Waals surface area contributed by atoms with Gasteiger partial charge in [0.15, 0.2) is 5.13 Å². The Morgan fingerprint density at radius 1 is 1.33 bits per heavy atom. The van der Waals surface area contributed by atoms with E-state index in [4.69, 9.17) is 5.73 Å². The van der Waals surface area contributed by atoms with Crippen LogP contribution in [0.3, 0.4) is 0 Å². The number of nitrogen functional groups attached to an aromatic ring is 1. The van der Waals surface area contributed by atoms with Gasteiger partial charge >= 0.3 is 0 Å². The molecule has 0 unspecified atom stereocenters. The van der Waals surface area contributed by atoms with Crippen LogP contribution in [0, 0.1) is 0 Å². The molecule has 1 amide bonds. The third-order valence-electron chi connectivity index (χ3n) is 4.60. The molecule has 0 saturated heterocycles. The lowest BCUT2D eigenvalue weighted by Gasteiger charge is -2.17. The number of aromatic nitrogens is 1. The maximum atomic E-state index is 11.6. The summed E-state index contributed by atoms with van der Waals surface area (Å²) in [5.41, 5.74) is 10.2. The summed E-state index contributed by atoms with van der Waals surface area (Å²) in [6.45, 7) is 2.95. The number of nitrogens with zero attached hydrogens (tertiary/aromatic N) is 2. The lowest BCUT2D eigenvalue weighted by molar-refractivity contribution is -0.115. The minimum absolute atomic E-state index is 0.0799. The minimum atomic E-state index is 0.0799. The summed E-state index contributed by atoms with van der Waals surface area (Å²) in [6.07, 6.45) is 6.80. The SMILES string of the molecule is Nc1nc2c(s1)CCN(CC=Cc1cccc3c1CC(=O)N3)CC2. The first kappa shape index (κ1) is 15.4. The smallest absolute Gasteiger partial charge is 0.228 e. The number of carbonyl (C=O) groups is 1. The van der Waals surface area contributed by atoms with Gasteiger partial charge in [-0.1, -0.05) is 24.3 Å². The van der Waals surface area contributed by atoms with E-state index < -0.39 is 0 Å². The van der Waals surface area contributed by atoms with E-state index in [9.17, 15) is 4.79 Å². The molecule has 1 aromatic heterocycles. The van der Waals surface area contributed by atoms with Crippen LogP contribution in [0.4, 0.5) is 10.8 Å². The van der Waals surface area contributed by atoms with Crippen LogP contribution in [0.5, 0.6) is 0 Å². The Morgan fingerprint density at radius 2 is 2.21 bits per heavy atom. The molecule has 0 atom stereocenters. The van der Waals surface area contributed by atoms with Crippen LogP contribution in [0.1, 0.15) is 21.7 Å². The van der Waals surface area contributed by atoms with Gasteiger partial charge in [-0.25, -0.2) is 4.98 Å². The molecule has 0 aliphatic carbocycles. The summed E-state index contributed by atoms with van der Waals surface area (Å²) in [6, 6.07) is 6.02. The van der Waals surface area contributed by atoms with Gasteiger partial charge in [-0.15, -0.1) is 11.3 Å². The van der Waals surface area contributed by atoms with Crippen molar-refractivity contribution in [3.8, 4) is 0 Å². The third kappa shape index (κ3) is 3.07. The molecule has 0 fully saturated rings. The monoisotopic (exact) mass is 340 g/mol. The van der Waals surface area contributed by atoms with Gasteiger partial charge in [-0.2, -0.15) is 0 Å². The van der Waals surface area contributed by atoms with Crippen molar-refractivity contribution in [1.29, 1.82) is 0 Å². The molecule has 3 heterocycles. The van der Waals surface area contributed by atoms with Crippen LogP contribution in [0.15, 0.2) is 24.3 Å². The summed E-state index contributed by atoms with van der Waals surface area (Å²) < 4.78 is 0. The quantitative estimate of drug-likeness (QED) is 0.900. The second kappa shape index (κ2) is 6.37. The van der Waals surface area contributed by atoms with Crippen LogP contribution in [0.25, 0.3) is 6.08 Å². The van der Waals surface area contributed by atoms with Crippen molar-refractivity contribution in [1.82, 2.24) is 9.88 Å². The highest BCUT2D eigenvalue weighted by Crippen LogP contribution is 2.27. The maximum Gasteiger partial charge on any atom is 0.228 e. The number of hydrogen-bond donors (Lipinski definition) is 2. The number of hydrogen-bond acceptors (Lipinski definition) is 5. The Morgan fingerprint density at radius 3 is 3.12 bits per heavy atom. The molecule has 3 N–H and O–H groups in total. The molecule has 2 aromatic rings. The van der Waals surface area contributed by atoms with Crippen molar-refractivity contribution in [2.45, 2.75) is 19.3 Å². The van der Waals surface area contributed by atoms with Gasteiger partial charge in [0.05, 0.1) is 12.1 Å². The highest BCUT2D eigenvalue weighted by Gasteiger charge is 2.19. The standard InChI is InChI=1S/C18H20N4OS/c19-18-21-15-6-9-22(10-7-16(15)24-18)8-2-4-12-3-1-5-14-13(12)11-17(23)20-14/h1-5H,6-11H2,(H2,19,21)(H,20,23). The zero-order valence-corrected chi connectivity index (χ0v) is 14.2. The summed E-state index contributed by atoms with van der Waals surface area (Å²) in [5, 5.41) is 3.59. The van der Waals surface area contributed by atoms with E-state index >= 15 is 0 Å². The molecular weight excluding hydrogens is 320 g/mol. The zero-order chi connectivity index (χ0) is 16.5. The molecule has 6 heteroatoms. The van der Waals surface area contributed by atoms with Crippen molar-refractivity contribution in [2.75, 3.05) is 30.7 Å². The number of anilines is 2. The van der Waals surface area contributed by atoms with E-state index in [0.717, 1.165) is 49.3 Å². The fraction of sp³-hybridized carbons (Fsp3) is 0.333. The van der Waals surface area contributed by atoms with E-state index in [1.807, 2.05) is 12.1 Å². The number of amides is 1. The van der Waals surface area contributed by atoms with Crippen LogP contribution in [0.2, 0.25) is 0 Å². The third-order valence-corrected chi connectivity index (χ3v) is 5.59. The first-order valence-corrected chi connectivity index (χ1v) is 9.05. The topological polar surface area (TPSA) is 71.2 Å². The van der Waals surface area contributed by atoms with Gasteiger partial charge in [-0.3, -0.25) is 9.69 Å². The first-order chi connectivity index (χ1) is 11.7. The maximum absolute atomic E-state index is 11.6. The number of fused-ring (bicyclic) bond motifs is 2. The van der Waals surface area contributed by atoms with Crippen LogP contribution in [-0.2, 0) is 24.1 Å². The van der Waals surface area contributed by atoms with Crippen LogP contribution >= 0.6 is 11.3 Å². The van der Waals surface area contributed by atoms with E-state index in [2.05, 4.69) is 33.4 Å². The second-order valence-electron chi connectivity index (χ2n) is 6.22. The molecule has 2 aliphatic rings. The Labute approximate surface area is 145 Å². The number of nitrogens with two attached hydrogens (primary N) is 1. The van der Waals surface area contributed by atoms with E-state index in [1.54, 1.807) is 11.3 Å². The molecule has 0 spiro atoms. The van der Waals surface area contributed by atoms with Gasteiger partial charge in [0, 0.05) is 36.6 Å². The highest BCUT2D eigenvalue weighted by atomic mass is 32.1. The van der Waals surface area contributed by atoms with Gasteiger partial charge in [-0.05, 0) is 23.6 Å². The average Bonchev–Trinajstić information content (AvgIpc) is 3.06. The lowest BCUT2D eigenvalue weighted by atomic mass is 10.0. The van der Waals surface area contributed by atoms with Gasteiger partial charge in [0.25, 0.3) is 0 Å². The number of benzene rings is 1. The normalized spacial score (nSPS) is 17.6. The minimum Gasteiger partial charge on any atom is -0.375 e. The second-order valence-corrected chi connectivity index (χ2v) is 7.34. The summed E-state index contributed by atoms with van der Waals surface area (Å²) >= 11 is 1.62. The van der Waals surface area contributed by atoms with Crippen molar-refractivity contribution in [2.24, 2.45) is 0 Å². The molecule has 24 heavy (non-hydrogen) atoms. The molecule has 0 radical (unpaired) electrons. The van der Waals surface area contributed by atoms with E-state index in [-0.39, 0.29) is 5.91 Å².